The lowest BCUT2D eigenvalue weighted by Gasteiger charge is -2.31. The third-order valence-electron chi connectivity index (χ3n) is 4.98. The molecule has 1 aliphatic rings. The predicted octanol–water partition coefficient (Wildman–Crippen LogP) is 6.23. The molecular formula is C23H20Cl2N2O. The van der Waals surface area contributed by atoms with Crippen molar-refractivity contribution in [2.24, 2.45) is 4.99 Å². The number of benzene rings is 3. The lowest BCUT2D eigenvalue weighted by atomic mass is 9.93. The van der Waals surface area contributed by atoms with Gasteiger partial charge in [0, 0.05) is 33.8 Å². The average Bonchev–Trinajstić information content (AvgIpc) is 2.70. The van der Waals surface area contributed by atoms with Gasteiger partial charge in [0.2, 0.25) is 0 Å². The smallest absolute Gasteiger partial charge is 0.126 e. The van der Waals surface area contributed by atoms with Crippen molar-refractivity contribution in [2.75, 3.05) is 0 Å². The maximum atomic E-state index is 10.4. The van der Waals surface area contributed by atoms with E-state index < -0.39 is 0 Å². The lowest BCUT2D eigenvalue weighted by Crippen LogP contribution is -2.33. The zero-order valence-corrected chi connectivity index (χ0v) is 16.9. The van der Waals surface area contributed by atoms with Gasteiger partial charge in [-0.1, -0.05) is 65.2 Å². The van der Waals surface area contributed by atoms with E-state index in [1.54, 1.807) is 12.1 Å². The number of phenolic OH excluding ortho intramolecular Hbond substituents is 1. The first-order chi connectivity index (χ1) is 13.5. The van der Waals surface area contributed by atoms with Crippen LogP contribution in [0.1, 0.15) is 40.9 Å². The molecule has 0 saturated heterocycles. The molecule has 3 aromatic carbocycles. The largest absolute Gasteiger partial charge is 0.508 e. The summed E-state index contributed by atoms with van der Waals surface area (Å²) in [6, 6.07) is 21.0. The van der Waals surface area contributed by atoms with Crippen LogP contribution in [-0.4, -0.2) is 10.8 Å². The minimum absolute atomic E-state index is 0.117. The van der Waals surface area contributed by atoms with Crippen LogP contribution >= 0.6 is 23.2 Å². The summed E-state index contributed by atoms with van der Waals surface area (Å²) in [6.07, 6.45) is 0.409. The molecule has 142 valence electrons. The second-order valence-electron chi connectivity index (χ2n) is 7.02. The molecular weight excluding hydrogens is 391 g/mol. The van der Waals surface area contributed by atoms with Crippen LogP contribution in [0.15, 0.2) is 71.7 Å². The molecule has 0 spiro atoms. The van der Waals surface area contributed by atoms with Gasteiger partial charge in [-0.05, 0) is 48.4 Å². The number of hydrogen-bond donors (Lipinski definition) is 2. The summed E-state index contributed by atoms with van der Waals surface area (Å²) >= 11 is 12.2. The summed E-state index contributed by atoms with van der Waals surface area (Å²) in [5.41, 5.74) is 5.06. The van der Waals surface area contributed by atoms with Crippen LogP contribution in [0.5, 0.6) is 5.75 Å². The molecule has 0 fully saturated rings. The molecule has 2 atom stereocenters. The number of rotatable bonds is 3. The first-order valence-electron chi connectivity index (χ1n) is 9.13. The highest BCUT2D eigenvalue weighted by molar-refractivity contribution is 6.30. The first-order valence-corrected chi connectivity index (χ1v) is 9.89. The van der Waals surface area contributed by atoms with E-state index in [0.29, 0.717) is 16.5 Å². The zero-order chi connectivity index (χ0) is 19.7. The maximum absolute atomic E-state index is 10.4. The molecule has 4 rings (SSSR count). The van der Waals surface area contributed by atoms with E-state index in [9.17, 15) is 5.11 Å². The summed E-state index contributed by atoms with van der Waals surface area (Å²) in [4.78, 5) is 4.96. The molecule has 5 heteroatoms. The van der Waals surface area contributed by atoms with E-state index in [1.165, 1.54) is 5.56 Å². The van der Waals surface area contributed by atoms with Crippen molar-refractivity contribution in [1.82, 2.24) is 5.32 Å². The molecule has 0 aliphatic carbocycles. The summed E-state index contributed by atoms with van der Waals surface area (Å²) in [7, 11) is 0. The first kappa shape index (κ1) is 19.0. The fourth-order valence-electron chi connectivity index (χ4n) is 3.45. The maximum Gasteiger partial charge on any atom is 0.126 e. The van der Waals surface area contributed by atoms with Crippen molar-refractivity contribution in [3.63, 3.8) is 0 Å². The van der Waals surface area contributed by atoms with Gasteiger partial charge in [0.1, 0.15) is 11.9 Å². The molecule has 0 saturated carbocycles. The molecule has 0 unspecified atom stereocenters. The van der Waals surface area contributed by atoms with Crippen LogP contribution in [0, 0.1) is 6.92 Å². The molecule has 3 nitrogen and oxygen atoms in total. The van der Waals surface area contributed by atoms with Crippen molar-refractivity contribution in [1.29, 1.82) is 0 Å². The van der Waals surface area contributed by atoms with Gasteiger partial charge in [0.05, 0.1) is 0 Å². The van der Waals surface area contributed by atoms with Crippen molar-refractivity contribution >= 4 is 28.9 Å². The van der Waals surface area contributed by atoms with Crippen molar-refractivity contribution in [3.8, 4) is 5.75 Å². The average molecular weight is 411 g/mol. The Morgan fingerprint density at radius 3 is 2.32 bits per heavy atom. The molecule has 3 aromatic rings. The van der Waals surface area contributed by atoms with E-state index in [4.69, 9.17) is 28.2 Å². The third kappa shape index (κ3) is 4.07. The number of halogens is 2. The molecule has 2 N–H and O–H groups in total. The van der Waals surface area contributed by atoms with Crippen LogP contribution in [-0.2, 0) is 0 Å². The Morgan fingerprint density at radius 1 is 0.929 bits per heavy atom. The van der Waals surface area contributed by atoms with Crippen molar-refractivity contribution in [3.05, 3.63) is 99.0 Å². The Hall–Kier alpha value is -2.33. The van der Waals surface area contributed by atoms with Crippen LogP contribution in [0.2, 0.25) is 10.0 Å². The quantitative estimate of drug-likeness (QED) is 0.537. The highest BCUT2D eigenvalue weighted by atomic mass is 35.5. The van der Waals surface area contributed by atoms with Gasteiger partial charge in [0.15, 0.2) is 0 Å². The zero-order valence-electron chi connectivity index (χ0n) is 15.4. The number of aryl methyl sites for hydroxylation is 1. The number of nitrogens with one attached hydrogen (secondary N) is 1. The monoisotopic (exact) mass is 410 g/mol. The number of aromatic hydroxyl groups is 1. The molecule has 0 radical (unpaired) electrons. The molecule has 0 aromatic heterocycles. The highest BCUT2D eigenvalue weighted by Gasteiger charge is 2.27. The molecule has 1 heterocycles. The van der Waals surface area contributed by atoms with E-state index in [0.717, 1.165) is 22.4 Å². The third-order valence-corrected chi connectivity index (χ3v) is 5.46. The molecule has 0 amide bonds. The predicted molar refractivity (Wildman–Crippen MR) is 116 cm³/mol. The fraction of sp³-hybridized carbons (Fsp3) is 0.174. The normalized spacial score (nSPS) is 19.3. The number of aliphatic imine (C=N–C) groups is 1. The van der Waals surface area contributed by atoms with E-state index >= 15 is 0 Å². The van der Waals surface area contributed by atoms with Crippen molar-refractivity contribution in [2.45, 2.75) is 25.6 Å². The number of phenols is 1. The van der Waals surface area contributed by atoms with Gasteiger partial charge in [-0.3, -0.25) is 10.3 Å². The highest BCUT2D eigenvalue weighted by Crippen LogP contribution is 2.35. The second-order valence-corrected chi connectivity index (χ2v) is 7.90. The Balaban J connectivity index is 1.76. The van der Waals surface area contributed by atoms with E-state index in [1.807, 2.05) is 30.3 Å². The van der Waals surface area contributed by atoms with Crippen LogP contribution in [0.3, 0.4) is 0 Å². The Morgan fingerprint density at radius 2 is 1.61 bits per heavy atom. The number of nitrogens with zero attached hydrogens (tertiary/aromatic N) is 1. The van der Waals surface area contributed by atoms with Gasteiger partial charge in [0.25, 0.3) is 0 Å². The second kappa shape index (κ2) is 7.96. The lowest BCUT2D eigenvalue weighted by molar-refractivity contribution is 0.413. The topological polar surface area (TPSA) is 44.6 Å². The standard InChI is InChI=1S/C23H20Cl2N2O/c1-14-2-4-15(5-3-14)20-13-21(19-12-18(25)10-11-22(19)28)27-23(26-20)16-6-8-17(24)9-7-16/h2-12,21,23,27-28H,13H2,1H3/t21-,23-/m0/s1. The van der Waals surface area contributed by atoms with Crippen LogP contribution in [0.25, 0.3) is 0 Å². The Bertz CT molecular complexity index is 1010. The number of hydrogen-bond acceptors (Lipinski definition) is 3. The fourth-order valence-corrected chi connectivity index (χ4v) is 3.75. The minimum atomic E-state index is -0.245. The summed E-state index contributed by atoms with van der Waals surface area (Å²) < 4.78 is 0. The van der Waals surface area contributed by atoms with E-state index in [2.05, 4.69) is 36.5 Å². The van der Waals surface area contributed by atoms with Gasteiger partial charge >= 0.3 is 0 Å². The van der Waals surface area contributed by atoms with Gasteiger partial charge < -0.3 is 5.11 Å². The van der Waals surface area contributed by atoms with Gasteiger partial charge in [-0.2, -0.15) is 0 Å². The Labute approximate surface area is 174 Å². The molecule has 0 bridgehead atoms. The van der Waals surface area contributed by atoms with E-state index in [-0.39, 0.29) is 18.0 Å². The Kier molecular flexibility index (Phi) is 5.40. The van der Waals surface area contributed by atoms with Crippen LogP contribution in [0.4, 0.5) is 0 Å². The summed E-state index contributed by atoms with van der Waals surface area (Å²) in [5, 5.41) is 15.2. The van der Waals surface area contributed by atoms with Gasteiger partial charge in [-0.25, -0.2) is 0 Å². The van der Waals surface area contributed by atoms with Gasteiger partial charge in [-0.15, -0.1) is 0 Å². The minimum Gasteiger partial charge on any atom is -0.508 e. The molecule has 1 aliphatic heterocycles. The summed E-state index contributed by atoms with van der Waals surface area (Å²) in [5.74, 6) is 0.224. The molecule has 28 heavy (non-hydrogen) atoms. The SMILES string of the molecule is Cc1ccc(C2=N[C@H](c3ccc(Cl)cc3)N[C@H](c3cc(Cl)ccc3O)C2)cc1. The summed E-state index contributed by atoms with van der Waals surface area (Å²) in [6.45, 7) is 2.07. The van der Waals surface area contributed by atoms with Crippen molar-refractivity contribution < 1.29 is 5.11 Å². The van der Waals surface area contributed by atoms with Crippen LogP contribution < -0.4 is 5.32 Å².